The number of aromatic nitrogens is 2. The molecule has 0 saturated heterocycles. The fourth-order valence-electron chi connectivity index (χ4n) is 4.00. The van der Waals surface area contributed by atoms with E-state index in [1.165, 1.54) is 11.8 Å². The number of nitrogens with zero attached hydrogens (tertiary/aromatic N) is 3. The van der Waals surface area contributed by atoms with Crippen LogP contribution >= 0.6 is 11.8 Å². The van der Waals surface area contributed by atoms with E-state index in [2.05, 4.69) is 29.0 Å². The zero-order valence-electron chi connectivity index (χ0n) is 18.6. The molecule has 0 bridgehead atoms. The fourth-order valence-corrected chi connectivity index (χ4v) is 4.87. The van der Waals surface area contributed by atoms with E-state index in [1.807, 2.05) is 16.7 Å². The van der Waals surface area contributed by atoms with Crippen LogP contribution in [0.15, 0.2) is 34.1 Å². The average Bonchev–Trinajstić information content (AvgIpc) is 3.27. The molecule has 2 aromatic rings. The fraction of sp³-hybridized carbons (Fsp3) is 0.522. The number of nitrogens with one attached hydrogen (secondary N) is 1. The summed E-state index contributed by atoms with van der Waals surface area (Å²) < 4.78 is 7.13. The van der Waals surface area contributed by atoms with Gasteiger partial charge in [0.2, 0.25) is 5.91 Å². The van der Waals surface area contributed by atoms with E-state index < -0.39 is 0 Å². The van der Waals surface area contributed by atoms with Crippen molar-refractivity contribution in [1.82, 2.24) is 14.5 Å². The van der Waals surface area contributed by atoms with Gasteiger partial charge in [0.05, 0.1) is 18.6 Å². The maximum Gasteiger partial charge on any atom is 0.348 e. The lowest BCUT2D eigenvalue weighted by molar-refractivity contribution is -0.113. The minimum atomic E-state index is -0.201. The Hall–Kier alpha value is -2.32. The molecule has 168 valence electrons. The predicted octanol–water partition coefficient (Wildman–Crippen LogP) is 3.20. The summed E-state index contributed by atoms with van der Waals surface area (Å²) in [7, 11) is 1.57. The number of thioether (sulfide) groups is 1. The summed E-state index contributed by atoms with van der Waals surface area (Å²) in [5, 5.41) is 3.58. The predicted molar refractivity (Wildman–Crippen MR) is 125 cm³/mol. The summed E-state index contributed by atoms with van der Waals surface area (Å²) in [6.07, 6.45) is 3.77. The van der Waals surface area contributed by atoms with Gasteiger partial charge in [0.15, 0.2) is 0 Å². The molecule has 1 aromatic heterocycles. The smallest absolute Gasteiger partial charge is 0.348 e. The number of ether oxygens (including phenoxy) is 1. The van der Waals surface area contributed by atoms with Crippen molar-refractivity contribution >= 4 is 23.4 Å². The first-order valence-corrected chi connectivity index (χ1v) is 12.0. The molecule has 31 heavy (non-hydrogen) atoms. The summed E-state index contributed by atoms with van der Waals surface area (Å²) >= 11 is 1.34. The number of rotatable bonds is 11. The first-order chi connectivity index (χ1) is 15.1. The number of fused-ring (bicyclic) bond motifs is 1. The van der Waals surface area contributed by atoms with E-state index in [9.17, 15) is 9.59 Å². The van der Waals surface area contributed by atoms with Gasteiger partial charge in [0.25, 0.3) is 0 Å². The first kappa shape index (κ1) is 23.3. The summed E-state index contributed by atoms with van der Waals surface area (Å²) in [4.78, 5) is 31.9. The van der Waals surface area contributed by atoms with Crippen LogP contribution in [0.2, 0.25) is 0 Å². The Kier molecular flexibility index (Phi) is 8.54. The molecule has 1 N–H and O–H groups in total. The standard InChI is InChI=1S/C23H32N4O3S/c1-4-26(5-2)14-9-15-27-19-12-8-10-17(19)22(25-23(27)29)31-16-21(28)24-18-11-6-7-13-20(18)30-3/h6-7,11,13H,4-5,8-10,12,14-16H2,1-3H3,(H,24,28). The third-order valence-electron chi connectivity index (χ3n) is 5.67. The summed E-state index contributed by atoms with van der Waals surface area (Å²) in [6, 6.07) is 7.31. The van der Waals surface area contributed by atoms with Crippen LogP contribution in [0, 0.1) is 0 Å². The molecule has 1 aliphatic carbocycles. The zero-order valence-corrected chi connectivity index (χ0v) is 19.5. The van der Waals surface area contributed by atoms with Crippen molar-refractivity contribution in [3.63, 3.8) is 0 Å². The molecule has 0 saturated carbocycles. The third kappa shape index (κ3) is 5.89. The highest BCUT2D eigenvalue weighted by molar-refractivity contribution is 8.00. The largest absolute Gasteiger partial charge is 0.495 e. The van der Waals surface area contributed by atoms with Crippen molar-refractivity contribution in [2.45, 2.75) is 51.1 Å². The molecule has 0 aliphatic heterocycles. The van der Waals surface area contributed by atoms with Crippen LogP contribution in [0.1, 0.15) is 37.9 Å². The van der Waals surface area contributed by atoms with Crippen molar-refractivity contribution in [2.24, 2.45) is 0 Å². The highest BCUT2D eigenvalue weighted by atomic mass is 32.2. The number of carbonyl (C=O) groups is 1. The first-order valence-electron chi connectivity index (χ1n) is 11.0. The average molecular weight is 445 g/mol. The Morgan fingerprint density at radius 2 is 2.03 bits per heavy atom. The van der Waals surface area contributed by atoms with E-state index in [4.69, 9.17) is 4.74 Å². The van der Waals surface area contributed by atoms with Crippen molar-refractivity contribution in [3.8, 4) is 5.75 Å². The SMILES string of the molecule is CCN(CC)CCCn1c2c(c(SCC(=O)Nc3ccccc3OC)nc1=O)CCC2. The number of anilines is 1. The molecule has 1 amide bonds. The van der Waals surface area contributed by atoms with Gasteiger partial charge in [-0.3, -0.25) is 9.36 Å². The minimum absolute atomic E-state index is 0.147. The monoisotopic (exact) mass is 444 g/mol. The van der Waals surface area contributed by atoms with Gasteiger partial charge in [0.1, 0.15) is 10.8 Å². The second-order valence-corrected chi connectivity index (χ2v) is 8.51. The van der Waals surface area contributed by atoms with E-state index >= 15 is 0 Å². The lowest BCUT2D eigenvalue weighted by atomic mass is 10.2. The molecule has 1 aromatic carbocycles. The number of carbonyl (C=O) groups excluding carboxylic acids is 1. The lowest BCUT2D eigenvalue weighted by Gasteiger charge is -2.19. The zero-order chi connectivity index (χ0) is 22.2. The second kappa shape index (κ2) is 11.3. The normalized spacial score (nSPS) is 12.8. The molecular formula is C23H32N4O3S. The molecule has 0 atom stereocenters. The highest BCUT2D eigenvalue weighted by Gasteiger charge is 2.22. The molecule has 0 spiro atoms. The van der Waals surface area contributed by atoms with Crippen LogP contribution in [0.25, 0.3) is 0 Å². The van der Waals surface area contributed by atoms with Gasteiger partial charge in [-0.05, 0) is 57.5 Å². The van der Waals surface area contributed by atoms with Crippen LogP contribution in [0.5, 0.6) is 5.75 Å². The third-order valence-corrected chi connectivity index (χ3v) is 6.69. The summed E-state index contributed by atoms with van der Waals surface area (Å²) in [5.74, 6) is 0.668. The molecule has 8 heteroatoms. The Balaban J connectivity index is 1.66. The van der Waals surface area contributed by atoms with Gasteiger partial charge < -0.3 is 15.0 Å². The number of amides is 1. The maximum atomic E-state index is 12.7. The Morgan fingerprint density at radius 3 is 2.77 bits per heavy atom. The van der Waals surface area contributed by atoms with Crippen molar-refractivity contribution < 1.29 is 9.53 Å². The second-order valence-electron chi connectivity index (χ2n) is 7.55. The van der Waals surface area contributed by atoms with Crippen molar-refractivity contribution in [1.29, 1.82) is 0 Å². The van der Waals surface area contributed by atoms with Gasteiger partial charge in [-0.25, -0.2) is 4.79 Å². The topological polar surface area (TPSA) is 76.5 Å². The maximum absolute atomic E-state index is 12.7. The quantitative estimate of drug-likeness (QED) is 0.424. The highest BCUT2D eigenvalue weighted by Crippen LogP contribution is 2.30. The molecule has 0 radical (unpaired) electrons. The van der Waals surface area contributed by atoms with E-state index in [0.717, 1.165) is 56.6 Å². The molecule has 0 fully saturated rings. The molecule has 0 unspecified atom stereocenters. The summed E-state index contributed by atoms with van der Waals surface area (Å²) in [6.45, 7) is 8.04. The van der Waals surface area contributed by atoms with Gasteiger partial charge >= 0.3 is 5.69 Å². The molecule has 1 heterocycles. The molecule has 3 rings (SSSR count). The molecule has 7 nitrogen and oxygen atoms in total. The van der Waals surface area contributed by atoms with Crippen LogP contribution in [-0.4, -0.2) is 52.9 Å². The Labute approximate surface area is 188 Å². The number of hydrogen-bond donors (Lipinski definition) is 1. The molecule has 1 aliphatic rings. The van der Waals surface area contributed by atoms with Gasteiger partial charge in [-0.1, -0.05) is 37.7 Å². The van der Waals surface area contributed by atoms with Crippen LogP contribution in [-0.2, 0) is 24.2 Å². The number of methoxy groups -OCH3 is 1. The Morgan fingerprint density at radius 1 is 1.26 bits per heavy atom. The van der Waals surface area contributed by atoms with E-state index in [1.54, 1.807) is 19.2 Å². The molecular weight excluding hydrogens is 412 g/mol. The van der Waals surface area contributed by atoms with E-state index in [0.29, 0.717) is 23.0 Å². The van der Waals surface area contributed by atoms with Gasteiger partial charge in [-0.15, -0.1) is 0 Å². The number of hydrogen-bond acceptors (Lipinski definition) is 6. The summed E-state index contributed by atoms with van der Waals surface area (Å²) in [5.41, 5.74) is 2.68. The van der Waals surface area contributed by atoms with Crippen LogP contribution in [0.4, 0.5) is 5.69 Å². The van der Waals surface area contributed by atoms with Gasteiger partial charge in [-0.2, -0.15) is 4.98 Å². The number of para-hydroxylation sites is 2. The van der Waals surface area contributed by atoms with Crippen molar-refractivity contribution in [2.75, 3.05) is 37.8 Å². The lowest BCUT2D eigenvalue weighted by Crippen LogP contribution is -2.30. The van der Waals surface area contributed by atoms with Crippen LogP contribution in [0.3, 0.4) is 0 Å². The van der Waals surface area contributed by atoms with Gasteiger partial charge in [0, 0.05) is 17.8 Å². The van der Waals surface area contributed by atoms with Crippen LogP contribution < -0.4 is 15.7 Å². The van der Waals surface area contributed by atoms with Crippen molar-refractivity contribution in [3.05, 3.63) is 46.0 Å². The number of benzene rings is 1. The van der Waals surface area contributed by atoms with E-state index in [-0.39, 0.29) is 17.3 Å². The minimum Gasteiger partial charge on any atom is -0.495 e. The Bertz CT molecular complexity index is 956.